The van der Waals surface area contributed by atoms with Crippen LogP contribution in [0.3, 0.4) is 0 Å². The molecule has 4 fully saturated rings. The number of amides is 2. The van der Waals surface area contributed by atoms with Crippen LogP contribution in [0.25, 0.3) is 0 Å². The molecule has 7 heteroatoms. The number of carbonyl (C=O) groups excluding carboxylic acids is 2. The highest BCUT2D eigenvalue weighted by Crippen LogP contribution is 2.44. The largest absolute Gasteiger partial charge is 0.340 e. The van der Waals surface area contributed by atoms with Gasteiger partial charge in [-0.1, -0.05) is 32.1 Å². The van der Waals surface area contributed by atoms with Crippen LogP contribution < -0.4 is 10.9 Å². The third-order valence-electron chi connectivity index (χ3n) is 7.11. The summed E-state index contributed by atoms with van der Waals surface area (Å²) in [4.78, 5) is 28.7. The fraction of sp³-hybridized carbons (Fsp3) is 0.895. The lowest BCUT2D eigenvalue weighted by molar-refractivity contribution is -0.140. The molecule has 2 aliphatic carbocycles. The number of halogens is 1. The fourth-order valence-corrected chi connectivity index (χ4v) is 5.99. The molecular formula is C19H31ClN4O2. The molecule has 0 spiro atoms. The van der Waals surface area contributed by atoms with Gasteiger partial charge in [0, 0.05) is 32.2 Å². The minimum atomic E-state index is -0.600. The summed E-state index contributed by atoms with van der Waals surface area (Å²) < 4.78 is 0. The molecule has 2 saturated carbocycles. The zero-order valence-electron chi connectivity index (χ0n) is 15.5. The zero-order chi connectivity index (χ0) is 18.1. The van der Waals surface area contributed by atoms with E-state index in [9.17, 15) is 9.59 Å². The Morgan fingerprint density at radius 2 is 1.85 bits per heavy atom. The van der Waals surface area contributed by atoms with Crippen molar-refractivity contribution in [1.82, 2.24) is 20.7 Å². The van der Waals surface area contributed by atoms with Gasteiger partial charge in [-0.3, -0.25) is 19.9 Å². The van der Waals surface area contributed by atoms with Crippen LogP contribution in [0.1, 0.15) is 44.9 Å². The van der Waals surface area contributed by atoms with E-state index in [-0.39, 0.29) is 17.9 Å². The SMILES string of the molecule is O=C1NNCC(N2CCN(CC3CCCC4CCCCC43)C(=O)C2)C1Cl. The fourth-order valence-electron chi connectivity index (χ4n) is 5.69. The second kappa shape index (κ2) is 8.03. The molecule has 0 aromatic heterocycles. The Bertz CT molecular complexity index is 544. The van der Waals surface area contributed by atoms with Crippen molar-refractivity contribution in [3.05, 3.63) is 0 Å². The Kier molecular flexibility index (Phi) is 5.72. The van der Waals surface area contributed by atoms with Crippen LogP contribution in [0.4, 0.5) is 0 Å². The molecule has 0 radical (unpaired) electrons. The molecule has 2 aliphatic heterocycles. The maximum atomic E-state index is 12.8. The van der Waals surface area contributed by atoms with Crippen LogP contribution >= 0.6 is 11.6 Å². The van der Waals surface area contributed by atoms with E-state index in [1.807, 2.05) is 0 Å². The van der Waals surface area contributed by atoms with Gasteiger partial charge in [0.05, 0.1) is 6.54 Å². The predicted octanol–water partition coefficient (Wildman–Crippen LogP) is 1.35. The molecule has 5 unspecified atom stereocenters. The monoisotopic (exact) mass is 382 g/mol. The lowest BCUT2D eigenvalue weighted by Crippen LogP contribution is -2.65. The van der Waals surface area contributed by atoms with Gasteiger partial charge in [-0.2, -0.15) is 0 Å². The molecule has 146 valence electrons. The van der Waals surface area contributed by atoms with Crippen molar-refractivity contribution in [3.8, 4) is 0 Å². The van der Waals surface area contributed by atoms with Crippen molar-refractivity contribution in [2.75, 3.05) is 32.7 Å². The molecule has 4 rings (SSSR count). The number of hydrogen-bond acceptors (Lipinski definition) is 4. The number of hydrazine groups is 1. The summed E-state index contributed by atoms with van der Waals surface area (Å²) in [7, 11) is 0. The summed E-state index contributed by atoms with van der Waals surface area (Å²) in [6.07, 6.45) is 9.54. The molecular weight excluding hydrogens is 352 g/mol. The summed E-state index contributed by atoms with van der Waals surface area (Å²) in [5.41, 5.74) is 5.44. The summed E-state index contributed by atoms with van der Waals surface area (Å²) in [5, 5.41) is -0.600. The highest BCUT2D eigenvalue weighted by atomic mass is 35.5. The Morgan fingerprint density at radius 1 is 1.04 bits per heavy atom. The second-order valence-corrected chi connectivity index (χ2v) is 9.02. The van der Waals surface area contributed by atoms with E-state index < -0.39 is 5.38 Å². The lowest BCUT2D eigenvalue weighted by Gasteiger charge is -2.46. The van der Waals surface area contributed by atoms with Crippen LogP contribution in [0.2, 0.25) is 0 Å². The first kappa shape index (κ1) is 18.5. The number of nitrogens with one attached hydrogen (secondary N) is 2. The van der Waals surface area contributed by atoms with Crippen molar-refractivity contribution in [1.29, 1.82) is 0 Å². The summed E-state index contributed by atoms with van der Waals surface area (Å²) in [6.45, 7) is 3.45. The average Bonchev–Trinajstić information content (AvgIpc) is 2.66. The van der Waals surface area contributed by atoms with Crippen LogP contribution in [-0.4, -0.2) is 65.8 Å². The van der Waals surface area contributed by atoms with Gasteiger partial charge in [0.2, 0.25) is 5.91 Å². The molecule has 4 aliphatic rings. The first-order valence-electron chi connectivity index (χ1n) is 10.3. The standard InChI is InChI=1S/C19H31ClN4O2/c20-18-16(10-21-22-19(18)26)23-8-9-24(17(25)12-23)11-14-6-3-5-13-4-1-2-7-15(13)14/h13-16,18,21H,1-12H2,(H,22,26). The lowest BCUT2D eigenvalue weighted by atomic mass is 9.65. The first-order valence-corrected chi connectivity index (χ1v) is 10.8. The van der Waals surface area contributed by atoms with Crippen molar-refractivity contribution in [2.24, 2.45) is 17.8 Å². The van der Waals surface area contributed by atoms with E-state index in [2.05, 4.69) is 20.7 Å². The van der Waals surface area contributed by atoms with Crippen LogP contribution in [0.5, 0.6) is 0 Å². The van der Waals surface area contributed by atoms with E-state index in [4.69, 9.17) is 11.6 Å². The van der Waals surface area contributed by atoms with Crippen molar-refractivity contribution < 1.29 is 9.59 Å². The maximum Gasteiger partial charge on any atom is 0.253 e. The van der Waals surface area contributed by atoms with Crippen LogP contribution in [0.15, 0.2) is 0 Å². The van der Waals surface area contributed by atoms with Crippen molar-refractivity contribution >= 4 is 23.4 Å². The third kappa shape index (κ3) is 3.73. The van der Waals surface area contributed by atoms with E-state index in [0.29, 0.717) is 19.0 Å². The molecule has 5 atom stereocenters. The average molecular weight is 383 g/mol. The first-order chi connectivity index (χ1) is 12.6. The number of rotatable bonds is 3. The summed E-state index contributed by atoms with van der Waals surface area (Å²) in [5.74, 6) is 2.42. The van der Waals surface area contributed by atoms with Gasteiger partial charge in [0.1, 0.15) is 5.38 Å². The van der Waals surface area contributed by atoms with E-state index in [1.165, 1.54) is 44.9 Å². The number of carbonyl (C=O) groups is 2. The molecule has 2 amide bonds. The number of piperazine rings is 1. The third-order valence-corrected chi connectivity index (χ3v) is 7.60. The molecule has 0 bridgehead atoms. The topological polar surface area (TPSA) is 64.7 Å². The zero-order valence-corrected chi connectivity index (χ0v) is 16.2. The Labute approximate surface area is 161 Å². The second-order valence-electron chi connectivity index (χ2n) is 8.55. The van der Waals surface area contributed by atoms with E-state index in [1.54, 1.807) is 0 Å². The smallest absolute Gasteiger partial charge is 0.253 e. The minimum absolute atomic E-state index is 0.117. The van der Waals surface area contributed by atoms with E-state index in [0.717, 1.165) is 31.5 Å². The van der Waals surface area contributed by atoms with Gasteiger partial charge in [-0.25, -0.2) is 5.43 Å². The Morgan fingerprint density at radius 3 is 2.69 bits per heavy atom. The molecule has 2 saturated heterocycles. The molecule has 26 heavy (non-hydrogen) atoms. The molecule has 0 aromatic carbocycles. The minimum Gasteiger partial charge on any atom is -0.340 e. The number of nitrogens with zero attached hydrogens (tertiary/aromatic N) is 2. The van der Waals surface area contributed by atoms with Gasteiger partial charge in [-0.15, -0.1) is 11.6 Å². The molecule has 6 nitrogen and oxygen atoms in total. The highest BCUT2D eigenvalue weighted by molar-refractivity contribution is 6.31. The number of fused-ring (bicyclic) bond motifs is 1. The normalized spacial score (nSPS) is 39.4. The van der Waals surface area contributed by atoms with Gasteiger partial charge in [-0.05, 0) is 30.6 Å². The van der Waals surface area contributed by atoms with Gasteiger partial charge in [0.15, 0.2) is 0 Å². The predicted molar refractivity (Wildman–Crippen MR) is 101 cm³/mol. The van der Waals surface area contributed by atoms with Crippen LogP contribution in [-0.2, 0) is 9.59 Å². The van der Waals surface area contributed by atoms with Crippen molar-refractivity contribution in [3.63, 3.8) is 0 Å². The van der Waals surface area contributed by atoms with Crippen molar-refractivity contribution in [2.45, 2.75) is 56.4 Å². The van der Waals surface area contributed by atoms with Crippen LogP contribution in [0, 0.1) is 17.8 Å². The Hall–Kier alpha value is -0.850. The van der Waals surface area contributed by atoms with Gasteiger partial charge in [0.25, 0.3) is 5.91 Å². The molecule has 2 heterocycles. The molecule has 2 N–H and O–H groups in total. The maximum absolute atomic E-state index is 12.8. The Balaban J connectivity index is 1.34. The quantitative estimate of drug-likeness (QED) is 0.723. The number of alkyl halides is 1. The summed E-state index contributed by atoms with van der Waals surface area (Å²) in [6, 6.07) is -0.117. The summed E-state index contributed by atoms with van der Waals surface area (Å²) >= 11 is 6.26. The highest BCUT2D eigenvalue weighted by Gasteiger charge is 2.40. The van der Waals surface area contributed by atoms with Gasteiger partial charge >= 0.3 is 0 Å². The van der Waals surface area contributed by atoms with E-state index >= 15 is 0 Å². The molecule has 0 aromatic rings. The van der Waals surface area contributed by atoms with Gasteiger partial charge < -0.3 is 4.90 Å². The number of hydrogen-bond donors (Lipinski definition) is 2.